The van der Waals surface area contributed by atoms with Gasteiger partial charge in [-0.15, -0.1) is 0 Å². The second-order valence-electron chi connectivity index (χ2n) is 31.3. The van der Waals surface area contributed by atoms with Crippen molar-refractivity contribution < 1.29 is 123 Å². The Hall–Kier alpha value is -1.78. The van der Waals surface area contributed by atoms with Gasteiger partial charge in [-0.3, -0.25) is 9.59 Å². The van der Waals surface area contributed by atoms with Gasteiger partial charge in [-0.25, -0.2) is 0 Å². The molecule has 4 rings (SSSR count). The molecule has 4 fully saturated rings. The molecule has 0 bridgehead atoms. The van der Waals surface area contributed by atoms with Crippen LogP contribution in [0.5, 0.6) is 0 Å². The monoisotopic (exact) mass is 1710 g/mol. The number of piperidine rings is 4. The minimum atomic E-state index is 0.313. The summed E-state index contributed by atoms with van der Waals surface area (Å²) in [6.07, 6.45) is 27.0. The van der Waals surface area contributed by atoms with E-state index in [4.69, 9.17) is 114 Å². The normalized spacial score (nSPS) is 16.2. The van der Waals surface area contributed by atoms with Crippen LogP contribution in [0.2, 0.25) is 0 Å². The number of likely N-dealkylation sites (tertiary alicyclic amines) is 4. The van der Waals surface area contributed by atoms with Crippen molar-refractivity contribution in [2.24, 2.45) is 23.7 Å². The maximum absolute atomic E-state index is 12.6. The summed E-state index contributed by atoms with van der Waals surface area (Å²) in [5.41, 5.74) is 0. The summed E-state index contributed by atoms with van der Waals surface area (Å²) >= 11 is 0. The Labute approximate surface area is 719 Å². The molecule has 0 radical (unpaired) electrons. The Morgan fingerprint density at radius 3 is 0.504 bits per heavy atom. The molecule has 0 N–H and O–H groups in total. The number of carbonyl (C=O) groups excluding carboxylic acids is 2. The van der Waals surface area contributed by atoms with E-state index in [0.29, 0.717) is 353 Å². The number of ketones is 2. The van der Waals surface area contributed by atoms with E-state index < -0.39 is 0 Å². The van der Waals surface area contributed by atoms with Crippen LogP contribution in [0.15, 0.2) is 0 Å². The highest BCUT2D eigenvalue weighted by atomic mass is 16.6. The van der Waals surface area contributed by atoms with Crippen LogP contribution in [-0.4, -0.2) is 428 Å². The summed E-state index contributed by atoms with van der Waals surface area (Å²) in [5.74, 6) is 3.83. The van der Waals surface area contributed by atoms with E-state index in [1.165, 1.54) is 188 Å². The molecule has 119 heavy (non-hydrogen) atoms. The molecule has 0 amide bonds. The number of nitrogens with zero attached hydrogens (tertiary/aromatic N) is 4. The number of unbranched alkanes of at least 4 members (excludes halogenated alkanes) is 4. The number of hydrogen-bond donors (Lipinski definition) is 0. The van der Waals surface area contributed by atoms with Crippen LogP contribution < -0.4 is 0 Å². The van der Waals surface area contributed by atoms with Crippen molar-refractivity contribution in [3.63, 3.8) is 0 Å². The minimum absolute atomic E-state index is 0.313. The van der Waals surface area contributed by atoms with Crippen molar-refractivity contribution in [2.75, 3.05) is 397 Å². The Bertz CT molecular complexity index is 1950. The van der Waals surface area contributed by atoms with Gasteiger partial charge in [0.05, 0.1) is 304 Å². The predicted octanol–water partition coefficient (Wildman–Crippen LogP) is 8.48. The molecule has 0 unspecified atom stereocenters. The lowest BCUT2D eigenvalue weighted by atomic mass is 9.87. The van der Waals surface area contributed by atoms with Gasteiger partial charge in [0.2, 0.25) is 0 Å². The Morgan fingerprint density at radius 2 is 0.336 bits per heavy atom. The summed E-state index contributed by atoms with van der Waals surface area (Å²) in [5, 5.41) is 0. The first-order valence-electron chi connectivity index (χ1n) is 46.6. The molecular weight excluding hydrogens is 1540 g/mol. The van der Waals surface area contributed by atoms with Crippen molar-refractivity contribution >= 4 is 11.6 Å². The van der Waals surface area contributed by atoms with E-state index in [1.807, 2.05) is 0 Å². The number of carbonyl (C=O) groups is 2. The molecule has 0 aliphatic carbocycles. The third-order valence-corrected chi connectivity index (χ3v) is 22.0. The van der Waals surface area contributed by atoms with Crippen molar-refractivity contribution in [2.45, 2.75) is 148 Å². The van der Waals surface area contributed by atoms with Crippen molar-refractivity contribution in [3.8, 4) is 0 Å². The molecule has 4 heterocycles. The van der Waals surface area contributed by atoms with Crippen LogP contribution >= 0.6 is 0 Å². The highest BCUT2D eigenvalue weighted by Crippen LogP contribution is 2.29. The Morgan fingerprint density at radius 1 is 0.185 bits per heavy atom. The summed E-state index contributed by atoms with van der Waals surface area (Å²) in [6.45, 7) is 38.4. The van der Waals surface area contributed by atoms with Crippen molar-refractivity contribution in [3.05, 3.63) is 0 Å². The zero-order valence-electron chi connectivity index (χ0n) is 75.0. The molecule has 4 aliphatic rings. The first kappa shape index (κ1) is 110. The van der Waals surface area contributed by atoms with Gasteiger partial charge in [-0.2, -0.15) is 0 Å². The molecule has 0 saturated carbocycles. The van der Waals surface area contributed by atoms with Gasteiger partial charge in [0.25, 0.3) is 0 Å². The Kier molecular flexibility index (Phi) is 80.0. The van der Waals surface area contributed by atoms with E-state index >= 15 is 0 Å². The first-order chi connectivity index (χ1) is 59.0. The maximum atomic E-state index is 12.6. The first-order valence-corrected chi connectivity index (χ1v) is 46.6. The topological polar surface area (TPSA) is 269 Å². The fourth-order valence-electron chi connectivity index (χ4n) is 14.6. The van der Waals surface area contributed by atoms with Crippen LogP contribution in [-0.2, 0) is 123 Å². The summed E-state index contributed by atoms with van der Waals surface area (Å²) in [7, 11) is 3.30. The standard InChI is InChI=1S/C89H172N4O26/c1-96-40-42-100-48-50-104-56-58-108-64-66-112-72-74-116-80-82-118-78-76-114-70-68-110-62-60-106-54-52-102-46-44-98-38-24-88(94)14-12-86-20-34-92(35-21-86)28-7-3-5-26-90-30-16-84(17-31-90)10-9-11-85-18-32-91(33-19-85)27-6-4-8-29-93-36-22-87(23-37-93)13-15-89(95)25-39-99-45-47-103-53-55-107-61-63-111-69-71-115-77-79-119-83-81-117-75-73-113-67-65-109-59-57-105-51-49-101-43-41-97-2/h84-87H,3-83H2,1-2H3. The maximum Gasteiger partial charge on any atom is 0.135 e. The highest BCUT2D eigenvalue weighted by molar-refractivity contribution is 5.78. The third kappa shape index (κ3) is 72.9. The van der Waals surface area contributed by atoms with Gasteiger partial charge in [0.1, 0.15) is 11.6 Å². The third-order valence-electron chi connectivity index (χ3n) is 22.0. The Balaban J connectivity index is 0.764. The van der Waals surface area contributed by atoms with Gasteiger partial charge in [-0.05, 0) is 192 Å². The van der Waals surface area contributed by atoms with E-state index in [-0.39, 0.29) is 0 Å². The van der Waals surface area contributed by atoms with Crippen LogP contribution in [0.25, 0.3) is 0 Å². The summed E-state index contributed by atoms with van der Waals surface area (Å²) in [6, 6.07) is 0. The molecule has 0 aromatic carbocycles. The smallest absolute Gasteiger partial charge is 0.135 e. The molecule has 4 aliphatic heterocycles. The average molecular weight is 1710 g/mol. The number of rotatable bonds is 94. The lowest BCUT2D eigenvalue weighted by molar-refractivity contribution is -0.121. The number of Topliss-reactive ketones (excluding diaryl/α,β-unsaturated/α-hetero) is 2. The fraction of sp³-hybridized carbons (Fsp3) is 0.978. The SMILES string of the molecule is COCCOCCOCCOCCOCCOCCOCCOCCOCCOCCOCCOCCC(=O)CCC1CCN(CCCCCN2CCC(CCCC3CCN(CCCCCN4CCC(CCC(=O)CCOCCOCCOCCOCCOCCOCCOCCOCCOCCOCCOCCOC)CC4)CC3)CC2)CC1. The minimum Gasteiger partial charge on any atom is -0.382 e. The second kappa shape index (κ2) is 86.9. The molecule has 0 aromatic rings. The van der Waals surface area contributed by atoms with Crippen LogP contribution in [0.4, 0.5) is 0 Å². The van der Waals surface area contributed by atoms with Gasteiger partial charge in [0.15, 0.2) is 0 Å². The van der Waals surface area contributed by atoms with Crippen LogP contribution in [0.3, 0.4) is 0 Å². The second-order valence-corrected chi connectivity index (χ2v) is 31.3. The molecule has 30 heteroatoms. The largest absolute Gasteiger partial charge is 0.382 e. The zero-order valence-corrected chi connectivity index (χ0v) is 75.0. The molecule has 0 atom stereocenters. The molecular formula is C89H172N4O26. The van der Waals surface area contributed by atoms with Crippen molar-refractivity contribution in [1.82, 2.24) is 19.6 Å². The van der Waals surface area contributed by atoms with E-state index in [2.05, 4.69) is 19.6 Å². The van der Waals surface area contributed by atoms with Crippen LogP contribution in [0, 0.1) is 23.7 Å². The molecule has 704 valence electrons. The molecule has 0 spiro atoms. The molecule has 4 saturated heterocycles. The molecule has 0 aromatic heterocycles. The fourth-order valence-corrected chi connectivity index (χ4v) is 14.6. The highest BCUT2D eigenvalue weighted by Gasteiger charge is 2.25. The van der Waals surface area contributed by atoms with Gasteiger partial charge >= 0.3 is 0 Å². The van der Waals surface area contributed by atoms with Crippen LogP contribution in [0.1, 0.15) is 148 Å². The van der Waals surface area contributed by atoms with Gasteiger partial charge < -0.3 is 133 Å². The number of methoxy groups -OCH3 is 2. The van der Waals surface area contributed by atoms with Gasteiger partial charge in [-0.1, -0.05) is 32.1 Å². The lowest BCUT2D eigenvalue weighted by Crippen LogP contribution is -2.35. The quantitative estimate of drug-likeness (QED) is 0.0516. The summed E-state index contributed by atoms with van der Waals surface area (Å²) < 4.78 is 132. The van der Waals surface area contributed by atoms with E-state index in [0.717, 1.165) is 24.7 Å². The summed E-state index contributed by atoms with van der Waals surface area (Å²) in [4.78, 5) is 36.1. The van der Waals surface area contributed by atoms with E-state index in [1.54, 1.807) is 14.2 Å². The zero-order chi connectivity index (χ0) is 84.0. The predicted molar refractivity (Wildman–Crippen MR) is 458 cm³/mol. The molecule has 30 nitrogen and oxygen atoms in total. The van der Waals surface area contributed by atoms with E-state index in [9.17, 15) is 9.59 Å². The van der Waals surface area contributed by atoms with Gasteiger partial charge in [0, 0.05) is 39.9 Å². The van der Waals surface area contributed by atoms with Crippen molar-refractivity contribution in [1.29, 1.82) is 0 Å². The average Bonchev–Trinajstić information content (AvgIpc) is 0.902. The number of hydrogen-bond acceptors (Lipinski definition) is 30. The number of ether oxygens (including phenoxy) is 24. The lowest BCUT2D eigenvalue weighted by Gasteiger charge is -2.34.